The maximum absolute atomic E-state index is 13.1. The fourth-order valence-corrected chi connectivity index (χ4v) is 3.82. The number of Topliss-reactive ketones (excluding diaryl/α,β-unsaturated/α-hetero) is 1. The van der Waals surface area contributed by atoms with Crippen molar-refractivity contribution in [3.8, 4) is 18.4 Å². The van der Waals surface area contributed by atoms with E-state index >= 15 is 0 Å². The Morgan fingerprint density at radius 3 is 2.57 bits per heavy atom. The van der Waals surface area contributed by atoms with Crippen LogP contribution in [0.4, 0.5) is 10.1 Å². The summed E-state index contributed by atoms with van der Waals surface area (Å²) in [6, 6.07) is 13.9. The number of aromatic nitrogens is 1. The van der Waals surface area contributed by atoms with Crippen LogP contribution in [0.5, 0.6) is 0 Å². The predicted octanol–water partition coefficient (Wildman–Crippen LogP) is 3.52. The van der Waals surface area contributed by atoms with E-state index in [1.54, 1.807) is 12.1 Å². The summed E-state index contributed by atoms with van der Waals surface area (Å²) in [7, 11) is 0. The summed E-state index contributed by atoms with van der Waals surface area (Å²) in [6.07, 6.45) is 6.90. The van der Waals surface area contributed by atoms with Gasteiger partial charge in [-0.2, -0.15) is 5.26 Å². The minimum Gasteiger partial charge on any atom is -0.380 e. The quantitative estimate of drug-likeness (QED) is 0.508. The molecule has 0 aliphatic heterocycles. The fraction of sp³-hybridized carbons (Fsp3) is 0.208. The first kappa shape index (κ1) is 19.4. The van der Waals surface area contributed by atoms with E-state index in [2.05, 4.69) is 16.2 Å². The normalized spacial score (nSPS) is 17.6. The zero-order valence-corrected chi connectivity index (χ0v) is 16.0. The molecule has 3 aromatic rings. The van der Waals surface area contributed by atoms with Crippen molar-refractivity contribution in [2.45, 2.75) is 25.3 Å². The van der Waals surface area contributed by atoms with Gasteiger partial charge in [0.15, 0.2) is 0 Å². The summed E-state index contributed by atoms with van der Waals surface area (Å²) < 4.78 is 13.1. The first-order valence-electron chi connectivity index (χ1n) is 9.59. The van der Waals surface area contributed by atoms with Gasteiger partial charge in [-0.15, -0.1) is 6.42 Å². The molecule has 0 amide bonds. The van der Waals surface area contributed by atoms with Crippen LogP contribution in [0.2, 0.25) is 0 Å². The number of fused-ring (bicyclic) bond motifs is 1. The summed E-state index contributed by atoms with van der Waals surface area (Å²) in [5.74, 6) is 1.47. The van der Waals surface area contributed by atoms with Gasteiger partial charge in [0, 0.05) is 17.3 Å². The topological polar surface area (TPSA) is 85.8 Å². The highest BCUT2D eigenvalue weighted by molar-refractivity contribution is 5.98. The number of anilines is 1. The van der Waals surface area contributed by atoms with Crippen molar-refractivity contribution in [3.63, 3.8) is 0 Å². The molecule has 0 saturated heterocycles. The predicted molar refractivity (Wildman–Crippen MR) is 112 cm³/mol. The van der Waals surface area contributed by atoms with Crippen molar-refractivity contribution in [1.82, 2.24) is 4.98 Å². The van der Waals surface area contributed by atoms with Crippen molar-refractivity contribution < 1.29 is 9.18 Å². The van der Waals surface area contributed by atoms with Crippen molar-refractivity contribution in [3.05, 3.63) is 75.3 Å². The van der Waals surface area contributed by atoms with Gasteiger partial charge in [0.1, 0.15) is 17.4 Å². The summed E-state index contributed by atoms with van der Waals surface area (Å²) >= 11 is 0. The lowest BCUT2D eigenvalue weighted by Gasteiger charge is -2.34. The summed E-state index contributed by atoms with van der Waals surface area (Å²) in [5.41, 5.74) is 2.52. The van der Waals surface area contributed by atoms with Crippen LogP contribution in [0.15, 0.2) is 47.3 Å². The number of carbonyl (C=O) groups is 1. The van der Waals surface area contributed by atoms with E-state index in [9.17, 15) is 19.2 Å². The Labute approximate surface area is 172 Å². The van der Waals surface area contributed by atoms with E-state index in [-0.39, 0.29) is 29.1 Å². The van der Waals surface area contributed by atoms with E-state index in [1.807, 2.05) is 24.3 Å². The molecular weight excluding hydrogens is 381 g/mol. The zero-order chi connectivity index (χ0) is 21.3. The minimum absolute atomic E-state index is 0.0144. The Morgan fingerprint density at radius 2 is 1.90 bits per heavy atom. The number of hydrogen-bond donors (Lipinski definition) is 2. The molecule has 1 heterocycles. The number of carbonyl (C=O) groups excluding carboxylic acids is 1. The number of aromatic amines is 1. The summed E-state index contributed by atoms with van der Waals surface area (Å²) in [6.45, 7) is 0. The number of ketones is 1. The standard InChI is InChI=1S/C24H18FN3O2/c1-2-22(29)16-11-18(12-16)27-23-19-8-5-15(9-14-3-6-17(25)7-4-14)10-21(19)28-24(30)20(23)13-26/h1,3-8,10,16,18H,9,11-12H2,(H2,27,28,30). The summed E-state index contributed by atoms with van der Waals surface area (Å²) in [5, 5.41) is 13.5. The monoisotopic (exact) mass is 399 g/mol. The molecule has 1 aliphatic rings. The molecule has 0 radical (unpaired) electrons. The van der Waals surface area contributed by atoms with Crippen molar-refractivity contribution in [2.24, 2.45) is 5.92 Å². The molecule has 0 bridgehead atoms. The first-order valence-corrected chi connectivity index (χ1v) is 9.59. The van der Waals surface area contributed by atoms with Gasteiger partial charge in [0.25, 0.3) is 5.56 Å². The molecule has 4 rings (SSSR count). The second-order valence-corrected chi connectivity index (χ2v) is 7.52. The first-order chi connectivity index (χ1) is 14.5. The Morgan fingerprint density at radius 1 is 1.20 bits per heavy atom. The average Bonchev–Trinajstić information content (AvgIpc) is 2.71. The molecule has 5 nitrogen and oxygen atoms in total. The van der Waals surface area contributed by atoms with Crippen molar-refractivity contribution in [2.75, 3.05) is 5.32 Å². The van der Waals surface area contributed by atoms with Crippen molar-refractivity contribution in [1.29, 1.82) is 5.26 Å². The minimum atomic E-state index is -0.470. The van der Waals surface area contributed by atoms with E-state index in [0.29, 0.717) is 30.5 Å². The fourth-order valence-electron chi connectivity index (χ4n) is 3.82. The van der Waals surface area contributed by atoms with Crippen LogP contribution in [0.1, 0.15) is 29.5 Å². The second kappa shape index (κ2) is 7.85. The molecule has 2 N–H and O–H groups in total. The highest BCUT2D eigenvalue weighted by Crippen LogP contribution is 2.34. The number of benzene rings is 2. The molecule has 1 aliphatic carbocycles. The van der Waals surface area contributed by atoms with Gasteiger partial charge in [-0.1, -0.05) is 24.3 Å². The number of pyridine rings is 1. The number of terminal acetylenes is 1. The SMILES string of the molecule is C#CC(=O)C1CC(Nc2c(C#N)c(=O)[nH]c3cc(Cc4ccc(F)cc4)ccc23)C1. The van der Waals surface area contributed by atoms with Crippen LogP contribution >= 0.6 is 0 Å². The molecule has 0 atom stereocenters. The molecule has 148 valence electrons. The third kappa shape index (κ3) is 3.68. The number of nitriles is 1. The summed E-state index contributed by atoms with van der Waals surface area (Å²) in [4.78, 5) is 26.8. The highest BCUT2D eigenvalue weighted by atomic mass is 19.1. The van der Waals surface area contributed by atoms with E-state index in [4.69, 9.17) is 6.42 Å². The molecule has 1 saturated carbocycles. The van der Waals surface area contributed by atoms with Gasteiger partial charge in [-0.3, -0.25) is 9.59 Å². The number of H-pyrrole nitrogens is 1. The van der Waals surface area contributed by atoms with E-state index in [0.717, 1.165) is 16.5 Å². The molecule has 0 unspecified atom stereocenters. The molecule has 0 spiro atoms. The molecule has 1 fully saturated rings. The van der Waals surface area contributed by atoms with Gasteiger partial charge >= 0.3 is 0 Å². The number of nitrogens with one attached hydrogen (secondary N) is 2. The molecular formula is C24H18FN3O2. The lowest BCUT2D eigenvalue weighted by molar-refractivity contribution is -0.119. The van der Waals surface area contributed by atoms with Gasteiger partial charge in [-0.25, -0.2) is 4.39 Å². The largest absolute Gasteiger partial charge is 0.380 e. The molecule has 2 aromatic carbocycles. The molecule has 1 aromatic heterocycles. The second-order valence-electron chi connectivity index (χ2n) is 7.52. The Balaban J connectivity index is 1.65. The van der Waals surface area contributed by atoms with Gasteiger partial charge in [0.05, 0.1) is 11.2 Å². The van der Waals surface area contributed by atoms with Crippen LogP contribution in [0.25, 0.3) is 10.9 Å². The van der Waals surface area contributed by atoms with E-state index in [1.165, 1.54) is 12.1 Å². The smallest absolute Gasteiger partial charge is 0.268 e. The maximum Gasteiger partial charge on any atom is 0.268 e. The molecule has 6 heteroatoms. The number of halogens is 1. The molecule has 30 heavy (non-hydrogen) atoms. The Hall–Kier alpha value is -3.90. The van der Waals surface area contributed by atoms with E-state index < -0.39 is 5.56 Å². The number of hydrogen-bond acceptors (Lipinski definition) is 4. The maximum atomic E-state index is 13.1. The number of nitrogens with zero attached hydrogens (tertiary/aromatic N) is 1. The lowest BCUT2D eigenvalue weighted by atomic mass is 9.77. The van der Waals surface area contributed by atoms with Gasteiger partial charge in [-0.05, 0) is 54.5 Å². The zero-order valence-electron chi connectivity index (χ0n) is 16.0. The van der Waals surface area contributed by atoms with Crippen LogP contribution in [0, 0.1) is 35.4 Å². The average molecular weight is 399 g/mol. The van der Waals surface area contributed by atoms with Crippen LogP contribution < -0.4 is 10.9 Å². The Bertz CT molecular complexity index is 1270. The van der Waals surface area contributed by atoms with Crippen LogP contribution in [0.3, 0.4) is 0 Å². The van der Waals surface area contributed by atoms with Gasteiger partial charge < -0.3 is 10.3 Å². The third-order valence-electron chi connectivity index (χ3n) is 5.51. The Kier molecular flexibility index (Phi) is 5.08. The van der Waals surface area contributed by atoms with Crippen LogP contribution in [-0.2, 0) is 11.2 Å². The van der Waals surface area contributed by atoms with Gasteiger partial charge in [0.2, 0.25) is 5.78 Å². The van der Waals surface area contributed by atoms with Crippen molar-refractivity contribution >= 4 is 22.4 Å². The lowest BCUT2D eigenvalue weighted by Crippen LogP contribution is -2.39. The number of rotatable bonds is 5. The highest BCUT2D eigenvalue weighted by Gasteiger charge is 2.34. The third-order valence-corrected chi connectivity index (χ3v) is 5.51. The van der Waals surface area contributed by atoms with Crippen LogP contribution in [-0.4, -0.2) is 16.8 Å².